The minimum atomic E-state index is -2.38. The van der Waals surface area contributed by atoms with Crippen molar-refractivity contribution < 1.29 is 42.1 Å². The van der Waals surface area contributed by atoms with Crippen LogP contribution < -0.4 is 0 Å². The van der Waals surface area contributed by atoms with Crippen molar-refractivity contribution in [3.63, 3.8) is 0 Å². The fourth-order valence-corrected chi connectivity index (χ4v) is 9.39. The third kappa shape index (κ3) is 3.38. The van der Waals surface area contributed by atoms with E-state index in [9.17, 15) is 23.9 Å². The lowest BCUT2D eigenvalue weighted by atomic mass is 9.41. The standard InChI is InChI=1S/C28H35F3O6S/c1-23-9-6-16(32)12-19(23)20(30)13-18-17-7-10-27(22(34)38-15-29,37-21(33)25(3)8-5-11-36-25)24(17,2)14-26(4,35)28(18,23)31/h6,9,12,17-18,20,35H,5,7-8,10-11,13-15H2,1-4H3/t17-,18-,20?,23-,24-,25-,26?,27?,28?/m0/s1. The molecule has 1 N–H and O–H groups in total. The van der Waals surface area contributed by atoms with Gasteiger partial charge in [0.15, 0.2) is 22.7 Å². The number of thioether (sulfide) groups is 1. The minimum Gasteiger partial charge on any atom is -0.447 e. The molecule has 0 aromatic carbocycles. The maximum atomic E-state index is 17.7. The van der Waals surface area contributed by atoms with Gasteiger partial charge >= 0.3 is 5.97 Å². The molecule has 0 aromatic rings. The number of ether oxygens (including phenoxy) is 2. The number of esters is 1. The SMILES string of the molecule is CC1(O)C[C@@]2(C)[C@@H](CCC2(OC(=O)[C@]2(C)CCCO2)C(=O)SCF)[C@@H]2CC(F)C3=CC(=O)C=C[C@]3(C)C21F. The van der Waals surface area contributed by atoms with Gasteiger partial charge in [0, 0.05) is 23.4 Å². The van der Waals surface area contributed by atoms with Gasteiger partial charge in [-0.2, -0.15) is 0 Å². The van der Waals surface area contributed by atoms with Crippen molar-refractivity contribution in [1.82, 2.24) is 0 Å². The van der Waals surface area contributed by atoms with Crippen molar-refractivity contribution in [2.24, 2.45) is 22.7 Å². The summed E-state index contributed by atoms with van der Waals surface area (Å²) >= 11 is 0.381. The number of allylic oxidation sites excluding steroid dienone is 4. The molecule has 0 amide bonds. The molecule has 6 nitrogen and oxygen atoms in total. The number of alkyl halides is 3. The van der Waals surface area contributed by atoms with Crippen LogP contribution in [-0.2, 0) is 23.9 Å². The Morgan fingerprint density at radius 2 is 1.92 bits per heavy atom. The highest BCUT2D eigenvalue weighted by molar-refractivity contribution is 8.13. The molecule has 210 valence electrons. The van der Waals surface area contributed by atoms with Gasteiger partial charge in [0.05, 0.1) is 5.60 Å². The molecule has 10 heteroatoms. The molecule has 1 aliphatic heterocycles. The summed E-state index contributed by atoms with van der Waals surface area (Å²) in [6.45, 7) is 6.44. The number of aliphatic hydroxyl groups is 1. The van der Waals surface area contributed by atoms with Crippen molar-refractivity contribution in [2.75, 3.05) is 12.6 Å². The van der Waals surface area contributed by atoms with Gasteiger partial charge in [-0.3, -0.25) is 9.59 Å². The van der Waals surface area contributed by atoms with Gasteiger partial charge in [-0.25, -0.2) is 18.0 Å². The second kappa shape index (κ2) is 8.67. The summed E-state index contributed by atoms with van der Waals surface area (Å²) in [5.74, 6) is -2.91. The van der Waals surface area contributed by atoms with Gasteiger partial charge < -0.3 is 14.6 Å². The third-order valence-corrected chi connectivity index (χ3v) is 11.2. The van der Waals surface area contributed by atoms with Crippen LogP contribution in [0, 0.1) is 22.7 Å². The monoisotopic (exact) mass is 556 g/mol. The summed E-state index contributed by atoms with van der Waals surface area (Å²) in [7, 11) is 0. The molecule has 1 saturated heterocycles. The Labute approximate surface area is 224 Å². The first-order valence-electron chi connectivity index (χ1n) is 13.2. The predicted molar refractivity (Wildman–Crippen MR) is 134 cm³/mol. The van der Waals surface area contributed by atoms with Crippen molar-refractivity contribution in [3.05, 3.63) is 23.8 Å². The lowest BCUT2D eigenvalue weighted by Crippen LogP contribution is -2.74. The third-order valence-electron chi connectivity index (χ3n) is 10.5. The number of halogens is 3. The van der Waals surface area contributed by atoms with Crippen LogP contribution in [0.15, 0.2) is 23.8 Å². The number of carbonyl (C=O) groups excluding carboxylic acids is 3. The Morgan fingerprint density at radius 3 is 2.55 bits per heavy atom. The second-order valence-corrected chi connectivity index (χ2v) is 13.4. The summed E-state index contributed by atoms with van der Waals surface area (Å²) in [6.07, 6.45) is 2.69. The van der Waals surface area contributed by atoms with Crippen LogP contribution in [-0.4, -0.2) is 63.2 Å². The number of hydrogen-bond donors (Lipinski definition) is 1. The van der Waals surface area contributed by atoms with E-state index >= 15 is 8.78 Å². The molecule has 3 saturated carbocycles. The first-order chi connectivity index (χ1) is 17.6. The van der Waals surface area contributed by atoms with E-state index in [4.69, 9.17) is 9.47 Å². The average molecular weight is 557 g/mol. The Kier molecular flexibility index (Phi) is 6.37. The van der Waals surface area contributed by atoms with Crippen molar-refractivity contribution in [2.45, 2.75) is 94.9 Å². The van der Waals surface area contributed by atoms with E-state index in [1.807, 2.05) is 0 Å². The number of rotatable bonds is 4. The highest BCUT2D eigenvalue weighted by atomic mass is 32.2. The second-order valence-electron chi connectivity index (χ2n) is 12.5. The lowest BCUT2D eigenvalue weighted by molar-refractivity contribution is -0.264. The fourth-order valence-electron chi connectivity index (χ4n) is 8.68. The van der Waals surface area contributed by atoms with Gasteiger partial charge in [-0.15, -0.1) is 0 Å². The Bertz CT molecular complexity index is 1130. The number of hydrogen-bond acceptors (Lipinski definition) is 7. The fraction of sp³-hybridized carbons (Fsp3) is 0.750. The van der Waals surface area contributed by atoms with Crippen LogP contribution in [0.3, 0.4) is 0 Å². The zero-order valence-corrected chi connectivity index (χ0v) is 23.0. The summed E-state index contributed by atoms with van der Waals surface area (Å²) < 4.78 is 58.6. The molecular weight excluding hydrogens is 521 g/mol. The first kappa shape index (κ1) is 27.9. The quantitative estimate of drug-likeness (QED) is 0.501. The smallest absolute Gasteiger partial charge is 0.339 e. The van der Waals surface area contributed by atoms with Crippen molar-refractivity contribution in [1.29, 1.82) is 0 Å². The van der Waals surface area contributed by atoms with E-state index in [-0.39, 0.29) is 31.3 Å². The van der Waals surface area contributed by atoms with E-state index < -0.39 is 74.2 Å². The van der Waals surface area contributed by atoms with Crippen LogP contribution in [0.1, 0.15) is 66.2 Å². The molecule has 0 bridgehead atoms. The molecule has 9 atom stereocenters. The highest BCUT2D eigenvalue weighted by Gasteiger charge is 2.79. The molecule has 4 unspecified atom stereocenters. The number of fused-ring (bicyclic) bond motifs is 5. The minimum absolute atomic E-state index is 0.00122. The van der Waals surface area contributed by atoms with E-state index in [0.29, 0.717) is 31.2 Å². The zero-order valence-electron chi connectivity index (χ0n) is 22.2. The molecule has 1 heterocycles. The predicted octanol–water partition coefficient (Wildman–Crippen LogP) is 4.73. The van der Waals surface area contributed by atoms with Crippen molar-refractivity contribution >= 4 is 28.6 Å². The Balaban J connectivity index is 1.62. The van der Waals surface area contributed by atoms with E-state index in [1.54, 1.807) is 13.8 Å². The average Bonchev–Trinajstić information content (AvgIpc) is 3.40. The zero-order chi connectivity index (χ0) is 27.9. The molecule has 0 aromatic heterocycles. The van der Waals surface area contributed by atoms with Crippen LogP contribution in [0.25, 0.3) is 0 Å². The van der Waals surface area contributed by atoms with Crippen LogP contribution in [0.4, 0.5) is 13.2 Å². The Morgan fingerprint density at radius 1 is 1.21 bits per heavy atom. The molecular formula is C28H35F3O6S. The summed E-state index contributed by atoms with van der Waals surface area (Å²) in [5.41, 5.74) is -10.5. The largest absolute Gasteiger partial charge is 0.447 e. The lowest BCUT2D eigenvalue weighted by Gasteiger charge is -2.66. The molecule has 38 heavy (non-hydrogen) atoms. The molecule has 4 fully saturated rings. The van der Waals surface area contributed by atoms with Crippen molar-refractivity contribution in [3.8, 4) is 0 Å². The topological polar surface area (TPSA) is 89.9 Å². The van der Waals surface area contributed by atoms with E-state index in [2.05, 4.69) is 0 Å². The van der Waals surface area contributed by atoms with Crippen LogP contribution in [0.2, 0.25) is 0 Å². The molecule has 5 rings (SSSR count). The maximum Gasteiger partial charge on any atom is 0.339 e. The molecule has 0 radical (unpaired) electrons. The molecule has 5 aliphatic rings. The maximum absolute atomic E-state index is 17.7. The Hall–Kier alpha value is -1.65. The summed E-state index contributed by atoms with van der Waals surface area (Å²) in [4.78, 5) is 39.1. The van der Waals surface area contributed by atoms with Gasteiger partial charge in [0.1, 0.15) is 12.2 Å². The highest BCUT2D eigenvalue weighted by Crippen LogP contribution is 2.73. The number of carbonyl (C=O) groups is 3. The van der Waals surface area contributed by atoms with E-state index in [1.165, 1.54) is 26.0 Å². The van der Waals surface area contributed by atoms with Crippen LogP contribution in [0.5, 0.6) is 0 Å². The molecule has 0 spiro atoms. The summed E-state index contributed by atoms with van der Waals surface area (Å²) in [5, 5.41) is 11.2. The summed E-state index contributed by atoms with van der Waals surface area (Å²) in [6, 6.07) is -1.04. The van der Waals surface area contributed by atoms with E-state index in [0.717, 1.165) is 6.08 Å². The van der Waals surface area contributed by atoms with Gasteiger partial charge in [-0.1, -0.05) is 13.0 Å². The van der Waals surface area contributed by atoms with Gasteiger partial charge in [0.2, 0.25) is 5.12 Å². The van der Waals surface area contributed by atoms with Crippen LogP contribution >= 0.6 is 11.8 Å². The first-order valence-corrected chi connectivity index (χ1v) is 14.2. The molecule has 4 aliphatic carbocycles. The van der Waals surface area contributed by atoms with Gasteiger partial charge in [0.25, 0.3) is 0 Å². The normalized spacial score (nSPS) is 49.6. The van der Waals surface area contributed by atoms with Gasteiger partial charge in [-0.05, 0) is 94.7 Å². The number of ketones is 1.